The maximum atomic E-state index is 12.5. The first-order valence-electron chi connectivity index (χ1n) is 10.2. The number of carbonyl (C=O) groups is 2. The van der Waals surface area contributed by atoms with Crippen LogP contribution in [0.15, 0.2) is 66.0 Å². The Morgan fingerprint density at radius 2 is 1.81 bits per heavy atom. The summed E-state index contributed by atoms with van der Waals surface area (Å²) >= 11 is 1.38. The van der Waals surface area contributed by atoms with Gasteiger partial charge in [0.2, 0.25) is 0 Å². The lowest BCUT2D eigenvalue weighted by Crippen LogP contribution is -2.39. The van der Waals surface area contributed by atoms with Crippen LogP contribution in [0.3, 0.4) is 0 Å². The van der Waals surface area contributed by atoms with Gasteiger partial charge in [0.05, 0.1) is 5.69 Å². The van der Waals surface area contributed by atoms with E-state index in [0.29, 0.717) is 23.9 Å². The van der Waals surface area contributed by atoms with Gasteiger partial charge >= 0.3 is 12.1 Å². The van der Waals surface area contributed by atoms with Crippen molar-refractivity contribution in [2.24, 2.45) is 0 Å². The Balaban J connectivity index is 1.30. The number of hydrogen-bond donors (Lipinski definition) is 2. The Labute approximate surface area is 185 Å². The molecular formula is C23H24N4O3S. The van der Waals surface area contributed by atoms with Crippen molar-refractivity contribution in [1.29, 1.82) is 0 Å². The van der Waals surface area contributed by atoms with Crippen molar-refractivity contribution in [3.05, 3.63) is 77.3 Å². The molecule has 0 saturated carbocycles. The van der Waals surface area contributed by atoms with Gasteiger partial charge < -0.3 is 15.0 Å². The fraction of sp³-hybridized carbons (Fsp3) is 0.261. The van der Waals surface area contributed by atoms with Gasteiger partial charge in [-0.25, -0.2) is 14.6 Å². The lowest BCUT2D eigenvalue weighted by Gasteiger charge is -2.31. The molecule has 4 rings (SSSR count). The number of hydrogen-bond acceptors (Lipinski definition) is 5. The number of benzene rings is 2. The van der Waals surface area contributed by atoms with Gasteiger partial charge in [-0.15, -0.1) is 11.3 Å². The molecule has 7 nitrogen and oxygen atoms in total. The largest absolute Gasteiger partial charge is 0.445 e. The van der Waals surface area contributed by atoms with E-state index in [2.05, 4.69) is 15.6 Å². The summed E-state index contributed by atoms with van der Waals surface area (Å²) in [5.74, 6) is 0.127. The number of para-hydroxylation sites is 1. The van der Waals surface area contributed by atoms with Crippen LogP contribution < -0.4 is 10.6 Å². The van der Waals surface area contributed by atoms with Crippen LogP contribution in [0.2, 0.25) is 0 Å². The highest BCUT2D eigenvalue weighted by Crippen LogP contribution is 2.30. The maximum absolute atomic E-state index is 12.5. The third-order valence-corrected chi connectivity index (χ3v) is 5.85. The van der Waals surface area contributed by atoms with Crippen molar-refractivity contribution in [3.63, 3.8) is 0 Å². The summed E-state index contributed by atoms with van der Waals surface area (Å²) < 4.78 is 5.47. The quantitative estimate of drug-likeness (QED) is 0.568. The number of urea groups is 1. The zero-order valence-electron chi connectivity index (χ0n) is 17.0. The summed E-state index contributed by atoms with van der Waals surface area (Å²) in [5.41, 5.74) is 2.57. The van der Waals surface area contributed by atoms with E-state index in [1.165, 1.54) is 11.3 Å². The normalized spacial score (nSPS) is 15.9. The molecule has 31 heavy (non-hydrogen) atoms. The van der Waals surface area contributed by atoms with Crippen molar-refractivity contribution in [3.8, 4) is 0 Å². The Hall–Kier alpha value is -3.39. The third kappa shape index (κ3) is 5.82. The predicted octanol–water partition coefficient (Wildman–Crippen LogP) is 5.30. The molecule has 1 fully saturated rings. The summed E-state index contributed by atoms with van der Waals surface area (Å²) in [7, 11) is 0. The van der Waals surface area contributed by atoms with Gasteiger partial charge in [-0.3, -0.25) is 5.32 Å². The van der Waals surface area contributed by atoms with E-state index >= 15 is 0 Å². The molecule has 2 N–H and O–H groups in total. The van der Waals surface area contributed by atoms with E-state index in [-0.39, 0.29) is 24.6 Å². The van der Waals surface area contributed by atoms with Gasteiger partial charge in [0.25, 0.3) is 0 Å². The van der Waals surface area contributed by atoms with Crippen molar-refractivity contribution >= 4 is 34.3 Å². The topological polar surface area (TPSA) is 83.6 Å². The van der Waals surface area contributed by atoms with Crippen LogP contribution in [0.4, 0.5) is 20.4 Å². The molecule has 2 aromatic carbocycles. The van der Waals surface area contributed by atoms with Gasteiger partial charge in [-0.1, -0.05) is 48.5 Å². The number of likely N-dealkylation sites (tertiary alicyclic amines) is 1. The molecule has 3 amide bonds. The third-order valence-electron chi connectivity index (χ3n) is 5.08. The molecule has 160 valence electrons. The van der Waals surface area contributed by atoms with Gasteiger partial charge in [-0.05, 0) is 30.5 Å². The summed E-state index contributed by atoms with van der Waals surface area (Å²) in [6, 6.07) is 18.6. The zero-order chi connectivity index (χ0) is 21.5. The fourth-order valence-corrected chi connectivity index (χ4v) is 4.29. The number of amides is 3. The van der Waals surface area contributed by atoms with Crippen molar-refractivity contribution in [2.45, 2.75) is 25.4 Å². The molecule has 1 aliphatic heterocycles. The van der Waals surface area contributed by atoms with Crippen LogP contribution in [0, 0.1) is 0 Å². The van der Waals surface area contributed by atoms with Crippen LogP contribution in [0.25, 0.3) is 0 Å². The van der Waals surface area contributed by atoms with Gasteiger partial charge in [-0.2, -0.15) is 0 Å². The molecular weight excluding hydrogens is 412 g/mol. The smallest absolute Gasteiger partial charge is 0.410 e. The van der Waals surface area contributed by atoms with Crippen LogP contribution in [-0.4, -0.2) is 35.1 Å². The molecule has 1 aliphatic rings. The maximum Gasteiger partial charge on any atom is 0.410 e. The average Bonchev–Trinajstić information content (AvgIpc) is 3.27. The second-order valence-corrected chi connectivity index (χ2v) is 8.21. The molecule has 2 heterocycles. The second-order valence-electron chi connectivity index (χ2n) is 7.35. The number of rotatable bonds is 5. The van der Waals surface area contributed by atoms with Crippen molar-refractivity contribution < 1.29 is 14.3 Å². The first kappa shape index (κ1) is 20.9. The molecule has 8 heteroatoms. The molecule has 0 aliphatic carbocycles. The predicted molar refractivity (Wildman–Crippen MR) is 121 cm³/mol. The van der Waals surface area contributed by atoms with Gasteiger partial charge in [0, 0.05) is 30.1 Å². The molecule has 0 spiro atoms. The molecule has 1 unspecified atom stereocenters. The average molecular weight is 437 g/mol. The number of ether oxygens (including phenoxy) is 1. The van der Waals surface area contributed by atoms with E-state index in [0.717, 1.165) is 24.1 Å². The number of carbonyl (C=O) groups excluding carboxylic acids is 2. The lowest BCUT2D eigenvalue weighted by atomic mass is 9.96. The van der Waals surface area contributed by atoms with Crippen LogP contribution in [0.5, 0.6) is 0 Å². The number of anilines is 2. The minimum atomic E-state index is -0.332. The van der Waals surface area contributed by atoms with Gasteiger partial charge in [0.15, 0.2) is 5.13 Å². The first-order chi connectivity index (χ1) is 15.2. The Kier molecular flexibility index (Phi) is 6.78. The SMILES string of the molecule is O=C(Nc1ccccc1)Nc1nc(C2CCCN(C(=O)OCc3ccccc3)C2)cs1. The zero-order valence-corrected chi connectivity index (χ0v) is 17.8. The summed E-state index contributed by atoms with van der Waals surface area (Å²) in [5, 5.41) is 8.03. The highest BCUT2D eigenvalue weighted by Gasteiger charge is 2.27. The minimum Gasteiger partial charge on any atom is -0.445 e. The Morgan fingerprint density at radius 3 is 2.58 bits per heavy atom. The van der Waals surface area contributed by atoms with Crippen molar-refractivity contribution in [1.82, 2.24) is 9.88 Å². The molecule has 1 saturated heterocycles. The highest BCUT2D eigenvalue weighted by molar-refractivity contribution is 7.14. The fourth-order valence-electron chi connectivity index (χ4n) is 3.51. The number of thiazole rings is 1. The molecule has 3 aromatic rings. The van der Waals surface area contributed by atoms with Crippen molar-refractivity contribution in [2.75, 3.05) is 23.7 Å². The minimum absolute atomic E-state index is 0.127. The highest BCUT2D eigenvalue weighted by atomic mass is 32.1. The van der Waals surface area contributed by atoms with E-state index < -0.39 is 0 Å². The van der Waals surface area contributed by atoms with Crippen LogP contribution in [-0.2, 0) is 11.3 Å². The molecule has 1 aromatic heterocycles. The number of piperidine rings is 1. The number of aromatic nitrogens is 1. The van der Waals surface area contributed by atoms with Gasteiger partial charge in [0.1, 0.15) is 6.61 Å². The van der Waals surface area contributed by atoms with Crippen LogP contribution >= 0.6 is 11.3 Å². The standard InChI is InChI=1S/C23H24N4O3S/c28-21(24-19-11-5-2-6-12-19)26-22-25-20(16-31-22)18-10-7-13-27(14-18)23(29)30-15-17-8-3-1-4-9-17/h1-6,8-9,11-12,16,18H,7,10,13-15H2,(H2,24,25,26,28). The molecule has 0 bridgehead atoms. The summed E-state index contributed by atoms with van der Waals surface area (Å²) in [4.78, 5) is 31.0. The van der Waals surface area contributed by atoms with E-state index in [4.69, 9.17) is 4.74 Å². The Bertz CT molecular complexity index is 1010. The molecule has 0 radical (unpaired) electrons. The second kappa shape index (κ2) is 10.1. The van der Waals surface area contributed by atoms with Crippen LogP contribution in [0.1, 0.15) is 30.0 Å². The lowest BCUT2D eigenvalue weighted by molar-refractivity contribution is 0.0856. The monoisotopic (exact) mass is 436 g/mol. The summed E-state index contributed by atoms with van der Waals surface area (Å²) in [6.45, 7) is 1.51. The number of nitrogens with one attached hydrogen (secondary N) is 2. The van der Waals surface area contributed by atoms with E-state index in [1.807, 2.05) is 66.0 Å². The van der Waals surface area contributed by atoms with E-state index in [9.17, 15) is 9.59 Å². The van der Waals surface area contributed by atoms with E-state index in [1.54, 1.807) is 4.90 Å². The molecule has 1 atom stereocenters. The first-order valence-corrected chi connectivity index (χ1v) is 11.1. The number of nitrogens with zero attached hydrogens (tertiary/aromatic N) is 2. The summed E-state index contributed by atoms with van der Waals surface area (Å²) in [6.07, 6.45) is 1.53. The Morgan fingerprint density at radius 1 is 1.06 bits per heavy atom.